The van der Waals surface area contributed by atoms with Crippen molar-refractivity contribution in [2.45, 2.75) is 50.7 Å². The Labute approximate surface area is 167 Å². The normalized spacial score (nSPS) is 24.9. The van der Waals surface area contributed by atoms with Crippen LogP contribution in [-0.4, -0.2) is 65.4 Å². The number of nitrogens with one attached hydrogen (secondary N) is 1. The number of carbonyl (C=O) groups is 3. The van der Waals surface area contributed by atoms with E-state index in [4.69, 9.17) is 0 Å². The van der Waals surface area contributed by atoms with E-state index in [0.717, 1.165) is 18.9 Å². The number of amides is 4. The molecule has 0 spiro atoms. The van der Waals surface area contributed by atoms with E-state index in [1.165, 1.54) is 17.0 Å². The molecule has 0 radical (unpaired) electrons. The molecule has 7 nitrogen and oxygen atoms in total. The molecule has 2 aliphatic heterocycles. The van der Waals surface area contributed by atoms with Crippen LogP contribution in [0.1, 0.15) is 32.6 Å². The van der Waals surface area contributed by atoms with Gasteiger partial charge >= 0.3 is 6.03 Å². The molecular weight excluding hydrogens is 382 g/mol. The van der Waals surface area contributed by atoms with Crippen LogP contribution >= 0.6 is 0 Å². The molecule has 3 fully saturated rings. The van der Waals surface area contributed by atoms with E-state index < -0.39 is 17.7 Å². The minimum atomic E-state index is -0.638. The molecule has 1 N–H and O–H groups in total. The topological polar surface area (TPSA) is 73.0 Å². The summed E-state index contributed by atoms with van der Waals surface area (Å²) in [7, 11) is 0. The number of hydrogen-bond acceptors (Lipinski definition) is 4. The Hall–Kier alpha value is -2.71. The average Bonchev–Trinajstić information content (AvgIpc) is 3.44. The van der Waals surface area contributed by atoms with Crippen molar-refractivity contribution >= 4 is 23.5 Å². The SMILES string of the molecule is C[C@H]1CN(C(=O)CC[C@@H]2NC(=O)N(C3CC3)C2=O)CCN1c1cc(F)cc(F)c1. The number of benzene rings is 1. The second kappa shape index (κ2) is 7.61. The van der Waals surface area contributed by atoms with Gasteiger partial charge < -0.3 is 15.1 Å². The molecule has 1 aromatic rings. The first-order valence-corrected chi connectivity index (χ1v) is 9.97. The van der Waals surface area contributed by atoms with E-state index in [0.29, 0.717) is 25.3 Å². The molecule has 2 saturated heterocycles. The molecule has 9 heteroatoms. The fraction of sp³-hybridized carbons (Fsp3) is 0.550. The highest BCUT2D eigenvalue weighted by Gasteiger charge is 2.45. The van der Waals surface area contributed by atoms with Crippen molar-refractivity contribution in [3.05, 3.63) is 29.8 Å². The molecule has 2 heterocycles. The Kier molecular flexibility index (Phi) is 5.14. The monoisotopic (exact) mass is 406 g/mol. The van der Waals surface area contributed by atoms with Crippen molar-refractivity contribution in [3.63, 3.8) is 0 Å². The molecule has 0 bridgehead atoms. The molecular formula is C20H24F2N4O3. The van der Waals surface area contributed by atoms with Crippen LogP contribution in [0.5, 0.6) is 0 Å². The highest BCUT2D eigenvalue weighted by Crippen LogP contribution is 2.30. The molecule has 1 aliphatic carbocycles. The Bertz CT molecular complexity index is 825. The van der Waals surface area contributed by atoms with E-state index in [1.54, 1.807) is 4.90 Å². The number of carbonyl (C=O) groups excluding carboxylic acids is 3. The Morgan fingerprint density at radius 2 is 1.83 bits per heavy atom. The number of urea groups is 1. The van der Waals surface area contributed by atoms with Crippen molar-refractivity contribution in [2.75, 3.05) is 24.5 Å². The summed E-state index contributed by atoms with van der Waals surface area (Å²) in [4.78, 5) is 41.8. The maximum atomic E-state index is 13.5. The van der Waals surface area contributed by atoms with Crippen LogP contribution < -0.4 is 10.2 Å². The minimum absolute atomic E-state index is 0.0183. The fourth-order valence-electron chi connectivity index (χ4n) is 4.12. The number of anilines is 1. The van der Waals surface area contributed by atoms with E-state index in [-0.39, 0.29) is 42.8 Å². The second-order valence-electron chi connectivity index (χ2n) is 7.99. The van der Waals surface area contributed by atoms with Gasteiger partial charge in [0.1, 0.15) is 17.7 Å². The maximum Gasteiger partial charge on any atom is 0.325 e. The minimum Gasteiger partial charge on any atom is -0.365 e. The summed E-state index contributed by atoms with van der Waals surface area (Å²) in [6.45, 7) is 3.22. The summed E-state index contributed by atoms with van der Waals surface area (Å²) in [6, 6.07) is 2.33. The van der Waals surface area contributed by atoms with Crippen molar-refractivity contribution in [1.82, 2.24) is 15.1 Å². The molecule has 1 saturated carbocycles. The standard InChI is InChI=1S/C20H24F2N4O3/c1-12-11-24(6-7-25(12)16-9-13(21)8-14(22)10-16)18(27)5-4-17-19(28)26(15-2-3-15)20(29)23-17/h8-10,12,15,17H,2-7,11H2,1H3,(H,23,29)/t12-,17-/m0/s1. The molecule has 0 aromatic heterocycles. The number of hydrogen-bond donors (Lipinski definition) is 1. The highest BCUT2D eigenvalue weighted by atomic mass is 19.1. The smallest absolute Gasteiger partial charge is 0.325 e. The van der Waals surface area contributed by atoms with Gasteiger partial charge in [0.15, 0.2) is 0 Å². The lowest BCUT2D eigenvalue weighted by atomic mass is 10.1. The van der Waals surface area contributed by atoms with Crippen LogP contribution in [0, 0.1) is 11.6 Å². The molecule has 3 aliphatic rings. The van der Waals surface area contributed by atoms with Crippen LogP contribution in [-0.2, 0) is 9.59 Å². The van der Waals surface area contributed by atoms with Gasteiger partial charge in [-0.1, -0.05) is 0 Å². The zero-order valence-corrected chi connectivity index (χ0v) is 16.2. The van der Waals surface area contributed by atoms with Gasteiger partial charge in [0.25, 0.3) is 5.91 Å². The van der Waals surface area contributed by atoms with Crippen LogP contribution in [0.15, 0.2) is 18.2 Å². The first-order valence-electron chi connectivity index (χ1n) is 9.97. The summed E-state index contributed by atoms with van der Waals surface area (Å²) >= 11 is 0. The van der Waals surface area contributed by atoms with E-state index in [1.807, 2.05) is 11.8 Å². The number of imide groups is 1. The number of nitrogens with zero attached hydrogens (tertiary/aromatic N) is 3. The van der Waals surface area contributed by atoms with Gasteiger partial charge in [0.05, 0.1) is 0 Å². The van der Waals surface area contributed by atoms with Gasteiger partial charge in [-0.2, -0.15) is 0 Å². The van der Waals surface area contributed by atoms with Crippen molar-refractivity contribution in [3.8, 4) is 0 Å². The summed E-state index contributed by atoms with van der Waals surface area (Å²) in [5, 5.41) is 2.67. The van der Waals surface area contributed by atoms with Crippen LogP contribution in [0.25, 0.3) is 0 Å². The molecule has 29 heavy (non-hydrogen) atoms. The largest absolute Gasteiger partial charge is 0.365 e. The van der Waals surface area contributed by atoms with Gasteiger partial charge in [-0.15, -0.1) is 0 Å². The van der Waals surface area contributed by atoms with Crippen molar-refractivity contribution in [1.29, 1.82) is 0 Å². The van der Waals surface area contributed by atoms with E-state index in [2.05, 4.69) is 5.32 Å². The van der Waals surface area contributed by atoms with Crippen molar-refractivity contribution < 1.29 is 23.2 Å². The van der Waals surface area contributed by atoms with Crippen molar-refractivity contribution in [2.24, 2.45) is 0 Å². The van der Waals surface area contributed by atoms with Gasteiger partial charge in [-0.3, -0.25) is 14.5 Å². The first kappa shape index (κ1) is 19.6. The summed E-state index contributed by atoms with van der Waals surface area (Å²) < 4.78 is 27.0. The third kappa shape index (κ3) is 4.04. The van der Waals surface area contributed by atoms with Crippen LogP contribution in [0.2, 0.25) is 0 Å². The summed E-state index contributed by atoms with van der Waals surface area (Å²) in [6.07, 6.45) is 2.14. The molecule has 0 unspecified atom stereocenters. The fourth-order valence-corrected chi connectivity index (χ4v) is 4.12. The third-order valence-corrected chi connectivity index (χ3v) is 5.77. The lowest BCUT2D eigenvalue weighted by Gasteiger charge is -2.41. The quantitative estimate of drug-likeness (QED) is 0.758. The van der Waals surface area contributed by atoms with Gasteiger partial charge in [-0.25, -0.2) is 13.6 Å². The second-order valence-corrected chi connectivity index (χ2v) is 7.99. The van der Waals surface area contributed by atoms with Crippen LogP contribution in [0.4, 0.5) is 19.3 Å². The Morgan fingerprint density at radius 3 is 2.45 bits per heavy atom. The van der Waals surface area contributed by atoms with Gasteiger partial charge in [0.2, 0.25) is 5.91 Å². The predicted molar refractivity (Wildman–Crippen MR) is 101 cm³/mol. The lowest BCUT2D eigenvalue weighted by molar-refractivity contribution is -0.132. The number of halogens is 2. The highest BCUT2D eigenvalue weighted by molar-refractivity contribution is 6.04. The van der Waals surface area contributed by atoms with Gasteiger partial charge in [-0.05, 0) is 38.3 Å². The summed E-state index contributed by atoms with van der Waals surface area (Å²) in [5.74, 6) is -1.59. The number of rotatable bonds is 5. The molecule has 4 amide bonds. The zero-order chi connectivity index (χ0) is 20.7. The molecule has 4 rings (SSSR count). The molecule has 2 atom stereocenters. The van der Waals surface area contributed by atoms with Gasteiger partial charge in [0, 0.05) is 49.9 Å². The average molecular weight is 406 g/mol. The molecule has 1 aromatic carbocycles. The van der Waals surface area contributed by atoms with E-state index in [9.17, 15) is 23.2 Å². The third-order valence-electron chi connectivity index (χ3n) is 5.77. The predicted octanol–water partition coefficient (Wildman–Crippen LogP) is 1.86. The Morgan fingerprint density at radius 1 is 1.14 bits per heavy atom. The molecule has 156 valence electrons. The first-order chi connectivity index (χ1) is 13.8. The van der Waals surface area contributed by atoms with E-state index >= 15 is 0 Å². The lowest BCUT2D eigenvalue weighted by Crippen LogP contribution is -2.54. The summed E-state index contributed by atoms with van der Waals surface area (Å²) in [5.41, 5.74) is 0.460. The maximum absolute atomic E-state index is 13.5. The Balaban J connectivity index is 1.30. The van der Waals surface area contributed by atoms with Crippen LogP contribution in [0.3, 0.4) is 0 Å². The zero-order valence-electron chi connectivity index (χ0n) is 16.2. The number of piperazine rings is 1.